The molecule has 0 radical (unpaired) electrons. The van der Waals surface area contributed by atoms with Gasteiger partial charge in [-0.3, -0.25) is 9.59 Å². The standard InChI is InChI=1S/C68H125NO10/c1-4-7-10-13-16-19-22-25-26-27-28-29-30-31-32-33-34-35-36-38-41-44-47-50-53-56-63(73)79-66-65(75)64(74)62(57-70)78-68(66)77-58-59(60(71)54-51-48-45-42-39-24-21-18-15-12-9-6-3)69-67(76)61(72)55-52-49-46-43-40-37-23-20-17-14-11-8-5-2/h16,19,25-26,40,43,51,54,59-62,64-66,68,70-72,74-75H,4-15,17-18,20-24,27-39,41-42,44-50,52-53,55-58H2,1-3H3,(H,69,76)/b19-16-,26-25-,43-40-,54-51+. The quantitative estimate of drug-likeness (QED) is 0.0195. The molecular weight excluding hydrogens is 991 g/mol. The van der Waals surface area contributed by atoms with Crippen LogP contribution in [0.1, 0.15) is 310 Å². The van der Waals surface area contributed by atoms with Crippen molar-refractivity contribution in [1.29, 1.82) is 0 Å². The molecule has 1 saturated heterocycles. The van der Waals surface area contributed by atoms with Crippen molar-refractivity contribution in [2.75, 3.05) is 13.2 Å². The van der Waals surface area contributed by atoms with Gasteiger partial charge in [0.05, 0.1) is 25.4 Å². The van der Waals surface area contributed by atoms with Gasteiger partial charge in [0.15, 0.2) is 12.4 Å². The van der Waals surface area contributed by atoms with E-state index in [1.807, 2.05) is 6.08 Å². The van der Waals surface area contributed by atoms with E-state index in [0.29, 0.717) is 12.8 Å². The van der Waals surface area contributed by atoms with E-state index < -0.39 is 67.4 Å². The highest BCUT2D eigenvalue weighted by molar-refractivity contribution is 5.80. The molecule has 0 aromatic heterocycles. The van der Waals surface area contributed by atoms with Gasteiger partial charge in [-0.05, 0) is 83.5 Å². The monoisotopic (exact) mass is 1120 g/mol. The van der Waals surface area contributed by atoms with Crippen molar-refractivity contribution in [3.05, 3.63) is 48.6 Å². The molecule has 11 heteroatoms. The maximum Gasteiger partial charge on any atom is 0.306 e. The van der Waals surface area contributed by atoms with Crippen molar-refractivity contribution in [2.24, 2.45) is 0 Å². The van der Waals surface area contributed by atoms with Gasteiger partial charge in [0, 0.05) is 6.42 Å². The lowest BCUT2D eigenvalue weighted by molar-refractivity contribution is -0.305. The number of amides is 1. The first kappa shape index (κ1) is 74.6. The Bertz CT molecular complexity index is 1470. The zero-order valence-corrected chi connectivity index (χ0v) is 51.2. The smallest absolute Gasteiger partial charge is 0.306 e. The number of hydrogen-bond donors (Lipinski definition) is 6. The minimum atomic E-state index is -1.61. The molecule has 462 valence electrons. The van der Waals surface area contributed by atoms with Crippen LogP contribution in [0.2, 0.25) is 0 Å². The first-order valence-corrected chi connectivity index (χ1v) is 33.4. The summed E-state index contributed by atoms with van der Waals surface area (Å²) in [7, 11) is 0. The van der Waals surface area contributed by atoms with Gasteiger partial charge in [0.1, 0.15) is 24.4 Å². The lowest BCUT2D eigenvalue weighted by Crippen LogP contribution is -2.61. The first-order chi connectivity index (χ1) is 38.7. The van der Waals surface area contributed by atoms with Crippen LogP contribution in [-0.4, -0.2) is 99.6 Å². The number of aliphatic hydroxyl groups excluding tert-OH is 5. The van der Waals surface area contributed by atoms with Gasteiger partial charge in [-0.25, -0.2) is 0 Å². The fraction of sp³-hybridized carbons (Fsp3) is 0.853. The summed E-state index contributed by atoms with van der Waals surface area (Å²) in [4.78, 5) is 26.6. The zero-order valence-electron chi connectivity index (χ0n) is 51.2. The number of carbonyl (C=O) groups excluding carboxylic acids is 2. The van der Waals surface area contributed by atoms with Gasteiger partial charge < -0.3 is 45.1 Å². The van der Waals surface area contributed by atoms with Crippen LogP contribution in [0.5, 0.6) is 0 Å². The van der Waals surface area contributed by atoms with Crippen LogP contribution in [0, 0.1) is 0 Å². The van der Waals surface area contributed by atoms with Crippen LogP contribution in [0.15, 0.2) is 48.6 Å². The van der Waals surface area contributed by atoms with Crippen molar-refractivity contribution < 1.29 is 49.3 Å². The predicted molar refractivity (Wildman–Crippen MR) is 329 cm³/mol. The Morgan fingerprint density at radius 2 is 0.873 bits per heavy atom. The number of aliphatic hydroxyl groups is 5. The summed E-state index contributed by atoms with van der Waals surface area (Å²) in [6.07, 6.45) is 58.7. The predicted octanol–water partition coefficient (Wildman–Crippen LogP) is 16.4. The van der Waals surface area contributed by atoms with Crippen LogP contribution in [-0.2, 0) is 23.8 Å². The molecule has 0 saturated carbocycles. The number of hydrogen-bond acceptors (Lipinski definition) is 10. The molecule has 0 spiro atoms. The van der Waals surface area contributed by atoms with Gasteiger partial charge in [0.25, 0.3) is 0 Å². The highest BCUT2D eigenvalue weighted by atomic mass is 16.7. The topological polar surface area (TPSA) is 175 Å². The Morgan fingerprint density at radius 3 is 1.33 bits per heavy atom. The average Bonchev–Trinajstić information content (AvgIpc) is 3.49. The lowest BCUT2D eigenvalue weighted by atomic mass is 9.99. The molecule has 1 aliphatic heterocycles. The molecule has 8 atom stereocenters. The maximum absolute atomic E-state index is 13.4. The van der Waals surface area contributed by atoms with Crippen molar-refractivity contribution in [3.63, 3.8) is 0 Å². The van der Waals surface area contributed by atoms with Crippen LogP contribution in [0.4, 0.5) is 0 Å². The molecule has 0 bridgehead atoms. The summed E-state index contributed by atoms with van der Waals surface area (Å²) in [6.45, 7) is 5.77. The van der Waals surface area contributed by atoms with Crippen LogP contribution >= 0.6 is 0 Å². The third kappa shape index (κ3) is 43.9. The Hall–Kier alpha value is -2.38. The van der Waals surface area contributed by atoms with E-state index in [2.05, 4.69) is 62.5 Å². The van der Waals surface area contributed by atoms with E-state index in [1.54, 1.807) is 6.08 Å². The van der Waals surface area contributed by atoms with Gasteiger partial charge in [0.2, 0.25) is 5.91 Å². The van der Waals surface area contributed by atoms with E-state index in [9.17, 15) is 35.1 Å². The largest absolute Gasteiger partial charge is 0.454 e. The van der Waals surface area contributed by atoms with Gasteiger partial charge in [-0.15, -0.1) is 0 Å². The fourth-order valence-corrected chi connectivity index (χ4v) is 10.4. The number of allylic oxidation sites excluding steroid dienone is 7. The van der Waals surface area contributed by atoms with Gasteiger partial charge in [-0.2, -0.15) is 0 Å². The van der Waals surface area contributed by atoms with Gasteiger partial charge in [-0.1, -0.05) is 268 Å². The highest BCUT2D eigenvalue weighted by Crippen LogP contribution is 2.26. The lowest BCUT2D eigenvalue weighted by Gasteiger charge is -2.41. The van der Waals surface area contributed by atoms with Crippen molar-refractivity contribution in [1.82, 2.24) is 5.32 Å². The van der Waals surface area contributed by atoms with Crippen molar-refractivity contribution in [2.45, 2.75) is 359 Å². The molecule has 0 aliphatic carbocycles. The second kappa shape index (κ2) is 56.1. The third-order valence-corrected chi connectivity index (χ3v) is 15.7. The Morgan fingerprint density at radius 1 is 0.494 bits per heavy atom. The molecular formula is C68H125NO10. The molecule has 1 aliphatic rings. The van der Waals surface area contributed by atoms with E-state index in [0.717, 1.165) is 64.2 Å². The summed E-state index contributed by atoms with van der Waals surface area (Å²) in [6, 6.07) is -1.03. The van der Waals surface area contributed by atoms with Crippen LogP contribution < -0.4 is 5.32 Å². The number of nitrogens with one attached hydrogen (secondary N) is 1. The van der Waals surface area contributed by atoms with Crippen molar-refractivity contribution in [3.8, 4) is 0 Å². The minimum absolute atomic E-state index is 0.123. The van der Waals surface area contributed by atoms with Crippen molar-refractivity contribution >= 4 is 11.9 Å². The zero-order chi connectivity index (χ0) is 57.5. The second-order valence-electron chi connectivity index (χ2n) is 23.2. The first-order valence-electron chi connectivity index (χ1n) is 33.4. The molecule has 1 fully saturated rings. The van der Waals surface area contributed by atoms with E-state index in [1.165, 1.54) is 199 Å². The molecule has 0 aromatic rings. The van der Waals surface area contributed by atoms with E-state index in [4.69, 9.17) is 14.2 Å². The normalized spacial score (nSPS) is 19.1. The number of unbranched alkanes of at least 4 members (excludes halogenated alkanes) is 37. The Kier molecular flexibility index (Phi) is 53.0. The Labute approximate surface area is 485 Å². The number of ether oxygens (including phenoxy) is 3. The second-order valence-corrected chi connectivity index (χ2v) is 23.2. The summed E-state index contributed by atoms with van der Waals surface area (Å²) in [5.74, 6) is -1.20. The van der Waals surface area contributed by atoms with Crippen LogP contribution in [0.3, 0.4) is 0 Å². The summed E-state index contributed by atoms with van der Waals surface area (Å²) >= 11 is 0. The minimum Gasteiger partial charge on any atom is -0.454 e. The molecule has 1 heterocycles. The number of carbonyl (C=O) groups is 2. The maximum atomic E-state index is 13.4. The third-order valence-electron chi connectivity index (χ3n) is 15.7. The highest BCUT2D eigenvalue weighted by Gasteiger charge is 2.47. The number of rotatable bonds is 57. The van der Waals surface area contributed by atoms with Gasteiger partial charge >= 0.3 is 5.97 Å². The molecule has 11 nitrogen and oxygen atoms in total. The molecule has 6 N–H and O–H groups in total. The molecule has 0 aromatic carbocycles. The fourth-order valence-electron chi connectivity index (χ4n) is 10.4. The molecule has 8 unspecified atom stereocenters. The number of esters is 1. The average molecular weight is 1120 g/mol. The molecule has 1 rings (SSSR count). The summed E-state index contributed by atoms with van der Waals surface area (Å²) < 4.78 is 17.6. The molecule has 79 heavy (non-hydrogen) atoms. The summed E-state index contributed by atoms with van der Waals surface area (Å²) in [5, 5.41) is 57.0. The van der Waals surface area contributed by atoms with E-state index in [-0.39, 0.29) is 19.4 Å². The molecule has 1 amide bonds. The van der Waals surface area contributed by atoms with E-state index >= 15 is 0 Å². The Balaban J connectivity index is 2.57. The van der Waals surface area contributed by atoms with Crippen LogP contribution in [0.25, 0.3) is 0 Å². The SMILES string of the molecule is CCCCC/C=C\C/C=C\CCCCCCCCCCCCCCCCCC(=O)OC1C(OCC(NC(=O)C(O)CCCC/C=C\CCCCCCCCC)C(O)/C=C/CCCCCCCCCCCC)OC(CO)C(O)C1O. The summed E-state index contributed by atoms with van der Waals surface area (Å²) in [5.41, 5.74) is 0.